The second-order valence-corrected chi connectivity index (χ2v) is 4.44. The summed E-state index contributed by atoms with van der Waals surface area (Å²) in [6.07, 6.45) is 1.67. The van der Waals surface area contributed by atoms with Crippen molar-refractivity contribution >= 4 is 28.3 Å². The number of fused-ring (bicyclic) bond motifs is 2. The molecule has 1 aromatic carbocycles. The molecule has 0 saturated carbocycles. The van der Waals surface area contributed by atoms with Crippen LogP contribution in [0.1, 0.15) is 0 Å². The zero-order chi connectivity index (χ0) is 12.8. The monoisotopic (exact) mass is 270 g/mol. The van der Waals surface area contributed by atoms with Crippen LogP contribution in [0.3, 0.4) is 0 Å². The number of hydrogen-bond donors (Lipinski definition) is 0. The molecule has 0 aliphatic heterocycles. The topological polar surface area (TPSA) is 56.2 Å². The van der Waals surface area contributed by atoms with Crippen molar-refractivity contribution in [2.75, 3.05) is 0 Å². The Morgan fingerprint density at radius 2 is 2.00 bits per heavy atom. The van der Waals surface area contributed by atoms with Crippen LogP contribution in [-0.4, -0.2) is 19.6 Å². The summed E-state index contributed by atoms with van der Waals surface area (Å²) in [7, 11) is 0. The molecular formula is C13H7ClN4O. The van der Waals surface area contributed by atoms with Crippen molar-refractivity contribution < 1.29 is 4.42 Å². The molecule has 0 amide bonds. The zero-order valence-electron chi connectivity index (χ0n) is 9.62. The third-order valence-corrected chi connectivity index (χ3v) is 3.04. The number of halogens is 1. The van der Waals surface area contributed by atoms with Gasteiger partial charge in [-0.05, 0) is 24.3 Å². The SMILES string of the molecule is Clc1ccc2ncc(-c3nc4ccccc4o3)n2n1. The number of para-hydroxylation sites is 2. The Labute approximate surface area is 112 Å². The van der Waals surface area contributed by atoms with Crippen LogP contribution in [-0.2, 0) is 0 Å². The van der Waals surface area contributed by atoms with Crippen LogP contribution in [0.25, 0.3) is 28.3 Å². The van der Waals surface area contributed by atoms with E-state index in [9.17, 15) is 0 Å². The van der Waals surface area contributed by atoms with Gasteiger partial charge in [0.2, 0.25) is 5.89 Å². The first-order valence-electron chi connectivity index (χ1n) is 5.67. The summed E-state index contributed by atoms with van der Waals surface area (Å²) in [4.78, 5) is 8.67. The molecule has 4 aromatic rings. The fraction of sp³-hybridized carbons (Fsp3) is 0. The van der Waals surface area contributed by atoms with E-state index in [0.717, 1.165) is 11.1 Å². The molecule has 3 heterocycles. The number of imidazole rings is 1. The van der Waals surface area contributed by atoms with E-state index in [1.165, 1.54) is 0 Å². The van der Waals surface area contributed by atoms with Gasteiger partial charge < -0.3 is 4.42 Å². The number of aromatic nitrogens is 4. The first-order chi connectivity index (χ1) is 9.31. The number of rotatable bonds is 1. The summed E-state index contributed by atoms with van der Waals surface area (Å²) >= 11 is 5.90. The van der Waals surface area contributed by atoms with Crippen LogP contribution in [0.15, 0.2) is 47.0 Å². The van der Waals surface area contributed by atoms with Crippen molar-refractivity contribution in [3.05, 3.63) is 47.7 Å². The lowest BCUT2D eigenvalue weighted by atomic mass is 10.3. The number of hydrogen-bond acceptors (Lipinski definition) is 4. The van der Waals surface area contributed by atoms with E-state index in [0.29, 0.717) is 22.4 Å². The predicted octanol–water partition coefficient (Wildman–Crippen LogP) is 3.19. The summed E-state index contributed by atoms with van der Waals surface area (Å²) in [6, 6.07) is 11.1. The molecule has 0 fully saturated rings. The first-order valence-corrected chi connectivity index (χ1v) is 6.05. The van der Waals surface area contributed by atoms with Crippen LogP contribution in [0.4, 0.5) is 0 Å². The molecule has 0 aliphatic rings. The fourth-order valence-corrected chi connectivity index (χ4v) is 2.12. The highest BCUT2D eigenvalue weighted by atomic mass is 35.5. The number of benzene rings is 1. The standard InChI is InChI=1S/C13H7ClN4O/c14-11-5-6-12-15-7-9(18(12)17-11)13-16-8-3-1-2-4-10(8)19-13/h1-7H. The van der Waals surface area contributed by atoms with E-state index in [-0.39, 0.29) is 0 Å². The average molecular weight is 271 g/mol. The predicted molar refractivity (Wildman–Crippen MR) is 71.0 cm³/mol. The molecule has 0 spiro atoms. The van der Waals surface area contributed by atoms with Gasteiger partial charge in [-0.3, -0.25) is 0 Å². The van der Waals surface area contributed by atoms with Gasteiger partial charge in [-0.25, -0.2) is 14.5 Å². The molecule has 5 nitrogen and oxygen atoms in total. The molecule has 0 aliphatic carbocycles. The normalized spacial score (nSPS) is 11.4. The van der Waals surface area contributed by atoms with Gasteiger partial charge in [0.05, 0.1) is 6.20 Å². The van der Waals surface area contributed by atoms with Crippen LogP contribution in [0.2, 0.25) is 5.15 Å². The zero-order valence-corrected chi connectivity index (χ0v) is 10.4. The Morgan fingerprint density at radius 3 is 2.89 bits per heavy atom. The van der Waals surface area contributed by atoms with E-state index >= 15 is 0 Å². The van der Waals surface area contributed by atoms with Gasteiger partial charge in [0, 0.05) is 0 Å². The average Bonchev–Trinajstić information content (AvgIpc) is 3.00. The van der Waals surface area contributed by atoms with Crippen molar-refractivity contribution in [3.63, 3.8) is 0 Å². The first kappa shape index (κ1) is 10.5. The van der Waals surface area contributed by atoms with Crippen LogP contribution >= 0.6 is 11.6 Å². The molecule has 0 atom stereocenters. The van der Waals surface area contributed by atoms with E-state index in [1.54, 1.807) is 22.8 Å². The smallest absolute Gasteiger partial charge is 0.248 e. The van der Waals surface area contributed by atoms with Gasteiger partial charge >= 0.3 is 0 Å². The van der Waals surface area contributed by atoms with Crippen LogP contribution in [0.5, 0.6) is 0 Å². The Morgan fingerprint density at radius 1 is 1.11 bits per heavy atom. The Kier molecular flexibility index (Phi) is 2.10. The third kappa shape index (κ3) is 1.59. The molecular weight excluding hydrogens is 264 g/mol. The largest absolute Gasteiger partial charge is 0.435 e. The second-order valence-electron chi connectivity index (χ2n) is 4.06. The molecule has 0 N–H and O–H groups in total. The van der Waals surface area contributed by atoms with Crippen molar-refractivity contribution in [1.82, 2.24) is 19.6 Å². The van der Waals surface area contributed by atoms with Gasteiger partial charge in [0.25, 0.3) is 0 Å². The number of nitrogens with zero attached hydrogens (tertiary/aromatic N) is 4. The summed E-state index contributed by atoms with van der Waals surface area (Å²) in [6.45, 7) is 0. The lowest BCUT2D eigenvalue weighted by Gasteiger charge is -1.96. The molecule has 0 bridgehead atoms. The highest BCUT2D eigenvalue weighted by Crippen LogP contribution is 2.24. The molecule has 0 unspecified atom stereocenters. The van der Waals surface area contributed by atoms with Gasteiger partial charge in [0.15, 0.2) is 11.2 Å². The second kappa shape index (κ2) is 3.80. The maximum absolute atomic E-state index is 5.90. The Bertz CT molecular complexity index is 863. The minimum absolute atomic E-state index is 0.392. The maximum Gasteiger partial charge on any atom is 0.248 e. The lowest BCUT2D eigenvalue weighted by Crippen LogP contribution is -1.94. The Hall–Kier alpha value is -2.40. The van der Waals surface area contributed by atoms with E-state index in [4.69, 9.17) is 16.0 Å². The molecule has 92 valence electrons. The fourth-order valence-electron chi connectivity index (χ4n) is 1.98. The molecule has 0 radical (unpaired) electrons. The van der Waals surface area contributed by atoms with Gasteiger partial charge in [-0.2, -0.15) is 5.10 Å². The van der Waals surface area contributed by atoms with Crippen LogP contribution < -0.4 is 0 Å². The lowest BCUT2D eigenvalue weighted by molar-refractivity contribution is 0.613. The van der Waals surface area contributed by atoms with E-state index < -0.39 is 0 Å². The molecule has 19 heavy (non-hydrogen) atoms. The minimum atomic E-state index is 0.392. The summed E-state index contributed by atoms with van der Waals surface area (Å²) < 4.78 is 7.32. The highest BCUT2D eigenvalue weighted by Gasteiger charge is 2.13. The summed E-state index contributed by atoms with van der Waals surface area (Å²) in [5, 5.41) is 4.59. The van der Waals surface area contributed by atoms with Gasteiger partial charge in [-0.15, -0.1) is 0 Å². The van der Waals surface area contributed by atoms with Crippen molar-refractivity contribution in [2.45, 2.75) is 0 Å². The van der Waals surface area contributed by atoms with E-state index in [1.807, 2.05) is 24.3 Å². The highest BCUT2D eigenvalue weighted by molar-refractivity contribution is 6.29. The minimum Gasteiger partial charge on any atom is -0.435 e. The van der Waals surface area contributed by atoms with Crippen molar-refractivity contribution in [3.8, 4) is 11.6 Å². The molecule has 0 saturated heterocycles. The third-order valence-electron chi connectivity index (χ3n) is 2.84. The summed E-state index contributed by atoms with van der Waals surface area (Å²) in [5.41, 5.74) is 2.90. The maximum atomic E-state index is 5.90. The van der Waals surface area contributed by atoms with Crippen molar-refractivity contribution in [1.29, 1.82) is 0 Å². The van der Waals surface area contributed by atoms with Crippen molar-refractivity contribution in [2.24, 2.45) is 0 Å². The number of oxazole rings is 1. The quantitative estimate of drug-likeness (QED) is 0.533. The van der Waals surface area contributed by atoms with Crippen LogP contribution in [0, 0.1) is 0 Å². The Balaban J connectivity index is 2.00. The summed E-state index contributed by atoms with van der Waals surface area (Å²) in [5.74, 6) is 0.475. The molecule has 3 aromatic heterocycles. The van der Waals surface area contributed by atoms with Gasteiger partial charge in [-0.1, -0.05) is 23.7 Å². The molecule has 4 rings (SSSR count). The van der Waals surface area contributed by atoms with E-state index in [2.05, 4.69) is 15.1 Å². The van der Waals surface area contributed by atoms with Gasteiger partial charge in [0.1, 0.15) is 16.4 Å². The molecule has 6 heteroatoms.